The van der Waals surface area contributed by atoms with Crippen LogP contribution in [-0.2, 0) is 9.53 Å². The Kier molecular flexibility index (Phi) is 5.49. The Morgan fingerprint density at radius 1 is 1.23 bits per heavy atom. The van der Waals surface area contributed by atoms with E-state index in [0.717, 1.165) is 51.3 Å². The first kappa shape index (κ1) is 20.9. The number of hydrogen-bond donors (Lipinski definition) is 1. The number of fused-ring (bicyclic) bond motifs is 2. The molecule has 2 aliphatic carbocycles. The van der Waals surface area contributed by atoms with Gasteiger partial charge >= 0.3 is 5.97 Å². The van der Waals surface area contributed by atoms with Crippen LogP contribution in [0.2, 0.25) is 0 Å². The molecule has 1 N–H and O–H groups in total. The molecule has 1 saturated carbocycles. The van der Waals surface area contributed by atoms with Gasteiger partial charge in [-0.05, 0) is 68.7 Å². The van der Waals surface area contributed by atoms with Gasteiger partial charge in [0.15, 0.2) is 0 Å². The van der Waals surface area contributed by atoms with Gasteiger partial charge in [0, 0.05) is 11.6 Å². The van der Waals surface area contributed by atoms with Crippen molar-refractivity contribution in [2.75, 3.05) is 44.7 Å². The maximum absolute atomic E-state index is 12.9. The Balaban J connectivity index is 1.22. The molecular formula is C26H37N2O3+. The predicted octanol–water partition coefficient (Wildman–Crippen LogP) is 2.86. The van der Waals surface area contributed by atoms with Crippen LogP contribution < -0.4 is 14.5 Å². The molecule has 1 aromatic rings. The van der Waals surface area contributed by atoms with Crippen molar-refractivity contribution in [3.05, 3.63) is 35.4 Å². The highest BCUT2D eigenvalue weighted by molar-refractivity contribution is 5.75. The number of piperazine rings is 1. The van der Waals surface area contributed by atoms with Crippen molar-refractivity contribution in [2.45, 2.75) is 52.1 Å². The molecular weight excluding hydrogens is 388 g/mol. The van der Waals surface area contributed by atoms with E-state index in [-0.39, 0.29) is 23.4 Å². The Bertz CT molecular complexity index is 856. The van der Waals surface area contributed by atoms with E-state index in [0.29, 0.717) is 5.92 Å². The number of ether oxygens (including phenoxy) is 2. The van der Waals surface area contributed by atoms with E-state index in [1.54, 1.807) is 23.2 Å². The molecule has 1 aromatic carbocycles. The van der Waals surface area contributed by atoms with Gasteiger partial charge in [-0.3, -0.25) is 4.79 Å². The normalized spacial score (nSPS) is 33.7. The number of methoxy groups -OCH3 is 1. The number of allylic oxidation sites excluding steroid dienone is 2. The van der Waals surface area contributed by atoms with E-state index in [1.165, 1.54) is 24.9 Å². The molecule has 2 aliphatic heterocycles. The Labute approximate surface area is 186 Å². The topological polar surface area (TPSA) is 43.2 Å². The molecule has 5 heteroatoms. The summed E-state index contributed by atoms with van der Waals surface area (Å²) in [5.41, 5.74) is 4.76. The maximum atomic E-state index is 12.9. The molecule has 0 bridgehead atoms. The monoisotopic (exact) mass is 425 g/mol. The summed E-state index contributed by atoms with van der Waals surface area (Å²) < 4.78 is 11.3. The first-order chi connectivity index (χ1) is 15.0. The summed E-state index contributed by atoms with van der Waals surface area (Å²) in [6.07, 6.45) is 6.02. The first-order valence-electron chi connectivity index (χ1n) is 12.1. The SMILES string of the molecule is COc1ccc(N2CC[NH+](C[C@H]3C(=O)O[C@@H]4C[C@@]5(C)CCCC(C)=C5C[C@@H]43)CC2)cc1. The molecule has 0 aromatic heterocycles. The Morgan fingerprint density at radius 2 is 1.97 bits per heavy atom. The number of anilines is 1. The van der Waals surface area contributed by atoms with Gasteiger partial charge in [0.1, 0.15) is 17.8 Å². The van der Waals surface area contributed by atoms with Crippen LogP contribution in [0.15, 0.2) is 35.4 Å². The summed E-state index contributed by atoms with van der Waals surface area (Å²) in [6.45, 7) is 9.87. The van der Waals surface area contributed by atoms with Crippen LogP contribution in [0.25, 0.3) is 0 Å². The fourth-order valence-electron chi connectivity index (χ4n) is 6.73. The number of carbonyl (C=O) groups is 1. The summed E-state index contributed by atoms with van der Waals surface area (Å²) in [5.74, 6) is 1.42. The average molecular weight is 426 g/mol. The summed E-state index contributed by atoms with van der Waals surface area (Å²) >= 11 is 0. The molecule has 5 nitrogen and oxygen atoms in total. The van der Waals surface area contributed by atoms with Gasteiger partial charge in [0.25, 0.3) is 0 Å². The van der Waals surface area contributed by atoms with E-state index >= 15 is 0 Å². The minimum absolute atomic E-state index is 0.0688. The van der Waals surface area contributed by atoms with Crippen molar-refractivity contribution in [3.63, 3.8) is 0 Å². The van der Waals surface area contributed by atoms with Gasteiger partial charge < -0.3 is 19.3 Å². The molecule has 2 saturated heterocycles. The lowest BCUT2D eigenvalue weighted by Crippen LogP contribution is -3.15. The Morgan fingerprint density at radius 3 is 2.68 bits per heavy atom. The van der Waals surface area contributed by atoms with Gasteiger partial charge in [0.05, 0.1) is 39.8 Å². The van der Waals surface area contributed by atoms with E-state index in [2.05, 4.69) is 30.9 Å². The third-order valence-corrected chi connectivity index (χ3v) is 8.60. The van der Waals surface area contributed by atoms with Crippen LogP contribution in [0.5, 0.6) is 5.75 Å². The van der Waals surface area contributed by atoms with Crippen LogP contribution in [-0.4, -0.2) is 51.9 Å². The average Bonchev–Trinajstić information content (AvgIpc) is 3.06. The fourth-order valence-corrected chi connectivity index (χ4v) is 6.73. The van der Waals surface area contributed by atoms with Crippen LogP contribution in [0.4, 0.5) is 5.69 Å². The summed E-state index contributed by atoms with van der Waals surface area (Å²) in [6, 6.07) is 8.34. The first-order valence-corrected chi connectivity index (χ1v) is 12.1. The predicted molar refractivity (Wildman–Crippen MR) is 122 cm³/mol. The smallest absolute Gasteiger partial charge is 0.315 e. The lowest BCUT2D eigenvalue weighted by molar-refractivity contribution is -0.903. The molecule has 0 unspecified atom stereocenters. The highest BCUT2D eigenvalue weighted by atomic mass is 16.6. The van der Waals surface area contributed by atoms with Crippen molar-refractivity contribution in [1.82, 2.24) is 0 Å². The van der Waals surface area contributed by atoms with Gasteiger partial charge in [-0.15, -0.1) is 0 Å². The lowest BCUT2D eigenvalue weighted by atomic mass is 9.59. The third-order valence-electron chi connectivity index (χ3n) is 8.60. The summed E-state index contributed by atoms with van der Waals surface area (Å²) in [4.78, 5) is 16.9. The molecule has 0 radical (unpaired) electrons. The van der Waals surface area contributed by atoms with Gasteiger partial charge in [-0.2, -0.15) is 0 Å². The van der Waals surface area contributed by atoms with E-state index < -0.39 is 0 Å². The van der Waals surface area contributed by atoms with Crippen LogP contribution in [0.1, 0.15) is 46.0 Å². The van der Waals surface area contributed by atoms with Gasteiger partial charge in [0.2, 0.25) is 0 Å². The zero-order valence-electron chi connectivity index (χ0n) is 19.3. The molecule has 4 aliphatic rings. The number of rotatable bonds is 4. The van der Waals surface area contributed by atoms with Crippen molar-refractivity contribution in [1.29, 1.82) is 0 Å². The highest BCUT2D eigenvalue weighted by Gasteiger charge is 2.54. The van der Waals surface area contributed by atoms with Crippen LogP contribution >= 0.6 is 0 Å². The highest BCUT2D eigenvalue weighted by Crippen LogP contribution is 2.54. The van der Waals surface area contributed by atoms with Gasteiger partial charge in [-0.25, -0.2) is 0 Å². The molecule has 168 valence electrons. The third kappa shape index (κ3) is 3.86. The maximum Gasteiger partial charge on any atom is 0.315 e. The number of nitrogens with zero attached hydrogens (tertiary/aromatic N) is 1. The second kappa shape index (κ2) is 8.16. The molecule has 0 amide bonds. The molecule has 31 heavy (non-hydrogen) atoms. The second-order valence-corrected chi connectivity index (χ2v) is 10.5. The Hall–Kier alpha value is -2.01. The second-order valence-electron chi connectivity index (χ2n) is 10.5. The minimum Gasteiger partial charge on any atom is -0.497 e. The fraction of sp³-hybridized carbons (Fsp3) is 0.654. The number of carbonyl (C=O) groups excluding carboxylic acids is 1. The quantitative estimate of drug-likeness (QED) is 0.595. The van der Waals surface area contributed by atoms with Crippen molar-refractivity contribution in [3.8, 4) is 5.75 Å². The summed E-state index contributed by atoms with van der Waals surface area (Å²) in [7, 11) is 1.70. The number of hydrogen-bond acceptors (Lipinski definition) is 4. The zero-order valence-corrected chi connectivity index (χ0v) is 19.3. The van der Waals surface area contributed by atoms with Gasteiger partial charge in [-0.1, -0.05) is 18.1 Å². The van der Waals surface area contributed by atoms with E-state index in [9.17, 15) is 4.79 Å². The van der Waals surface area contributed by atoms with Crippen molar-refractivity contribution >= 4 is 11.7 Å². The standard InChI is InChI=1S/C26H36N2O3/c1-18-5-4-10-26(2)16-24-21(15-23(18)26)22(25(29)31-24)17-27-11-13-28(14-12-27)19-6-8-20(30-3)9-7-19/h6-9,21-22,24H,4-5,10-17H2,1-3H3/p+1/t21-,22-,24-,26-/m1/s1. The molecule has 5 rings (SSSR count). The number of quaternary nitrogens is 1. The van der Waals surface area contributed by atoms with Crippen molar-refractivity contribution in [2.24, 2.45) is 17.3 Å². The molecule has 0 spiro atoms. The zero-order chi connectivity index (χ0) is 21.6. The number of esters is 1. The molecule has 2 heterocycles. The molecule has 3 fully saturated rings. The number of nitrogens with one attached hydrogen (secondary N) is 1. The molecule has 4 atom stereocenters. The number of benzene rings is 1. The van der Waals surface area contributed by atoms with E-state index in [1.807, 2.05) is 12.1 Å². The minimum atomic E-state index is 0.0688. The largest absolute Gasteiger partial charge is 0.497 e. The lowest BCUT2D eigenvalue weighted by Gasteiger charge is -2.45. The van der Waals surface area contributed by atoms with Crippen molar-refractivity contribution < 1.29 is 19.2 Å². The van der Waals surface area contributed by atoms with Crippen LogP contribution in [0.3, 0.4) is 0 Å². The summed E-state index contributed by atoms with van der Waals surface area (Å²) in [5, 5.41) is 0. The van der Waals surface area contributed by atoms with Crippen LogP contribution in [0, 0.1) is 17.3 Å². The van der Waals surface area contributed by atoms with E-state index in [4.69, 9.17) is 9.47 Å².